The van der Waals surface area contributed by atoms with E-state index >= 15 is 0 Å². The van der Waals surface area contributed by atoms with Gasteiger partial charge in [0, 0.05) is 59.1 Å². The number of piperidine rings is 1. The van der Waals surface area contributed by atoms with Crippen LogP contribution < -0.4 is 4.90 Å². The van der Waals surface area contributed by atoms with Crippen LogP contribution >= 0.6 is 0 Å². The number of amides is 1. The lowest BCUT2D eigenvalue weighted by Gasteiger charge is -2.35. The Hall–Kier alpha value is -1.72. The summed E-state index contributed by atoms with van der Waals surface area (Å²) in [5.74, 6) is 0.537. The maximum absolute atomic E-state index is 13.7. The highest BCUT2D eigenvalue weighted by Crippen LogP contribution is 2.29. The summed E-state index contributed by atoms with van der Waals surface area (Å²) in [6, 6.07) is 4.95. The van der Waals surface area contributed by atoms with Gasteiger partial charge in [0.1, 0.15) is 0 Å². The van der Waals surface area contributed by atoms with Crippen LogP contribution in [-0.4, -0.2) is 115 Å². The van der Waals surface area contributed by atoms with Gasteiger partial charge in [-0.2, -0.15) is 0 Å². The largest absolute Gasteiger partial charge is 0.379 e. The summed E-state index contributed by atoms with van der Waals surface area (Å²) < 4.78 is 37.6. The van der Waals surface area contributed by atoms with Crippen molar-refractivity contribution < 1.29 is 22.7 Å². The molecule has 0 radical (unpaired) electrons. The fraction of sp³-hybridized carbons (Fsp3) is 0.708. The van der Waals surface area contributed by atoms with Crippen LogP contribution in [0.15, 0.2) is 23.1 Å². The van der Waals surface area contributed by atoms with Crippen molar-refractivity contribution in [1.82, 2.24) is 14.1 Å². The van der Waals surface area contributed by atoms with Gasteiger partial charge in [0.2, 0.25) is 10.0 Å². The first kappa shape index (κ1) is 25.4. The third kappa shape index (κ3) is 5.91. The van der Waals surface area contributed by atoms with Crippen molar-refractivity contribution in [3.8, 4) is 0 Å². The number of morpholine rings is 2. The summed E-state index contributed by atoms with van der Waals surface area (Å²) >= 11 is 0. The molecule has 3 saturated heterocycles. The van der Waals surface area contributed by atoms with Gasteiger partial charge < -0.3 is 19.3 Å². The van der Waals surface area contributed by atoms with Crippen LogP contribution in [-0.2, 0) is 19.5 Å². The highest BCUT2D eigenvalue weighted by atomic mass is 32.2. The fourth-order valence-corrected chi connectivity index (χ4v) is 5.85. The molecule has 9 nitrogen and oxygen atoms in total. The summed E-state index contributed by atoms with van der Waals surface area (Å²) in [5, 5.41) is 0. The lowest BCUT2D eigenvalue weighted by atomic mass is 9.92. The number of benzene rings is 1. The van der Waals surface area contributed by atoms with E-state index in [4.69, 9.17) is 9.47 Å². The molecule has 0 spiro atoms. The average molecular weight is 495 g/mol. The quantitative estimate of drug-likeness (QED) is 0.566. The molecular formula is C24H38N4O5S. The summed E-state index contributed by atoms with van der Waals surface area (Å²) in [4.78, 5) is 20.3. The van der Waals surface area contributed by atoms with E-state index in [0.717, 1.165) is 57.8 Å². The number of ether oxygens (including phenoxy) is 2. The Labute approximate surface area is 203 Å². The molecule has 3 heterocycles. The van der Waals surface area contributed by atoms with E-state index in [1.54, 1.807) is 18.2 Å². The zero-order valence-electron chi connectivity index (χ0n) is 20.4. The second kappa shape index (κ2) is 11.3. The van der Waals surface area contributed by atoms with Crippen molar-refractivity contribution >= 4 is 21.6 Å². The summed E-state index contributed by atoms with van der Waals surface area (Å²) in [7, 11) is -0.616. The number of hydrogen-bond acceptors (Lipinski definition) is 7. The number of rotatable bonds is 7. The van der Waals surface area contributed by atoms with Crippen LogP contribution in [0.25, 0.3) is 0 Å². The van der Waals surface area contributed by atoms with E-state index in [2.05, 4.69) is 9.80 Å². The molecule has 0 aliphatic carbocycles. The predicted molar refractivity (Wildman–Crippen MR) is 131 cm³/mol. The van der Waals surface area contributed by atoms with Gasteiger partial charge in [0.05, 0.1) is 36.9 Å². The van der Waals surface area contributed by atoms with Crippen LogP contribution in [0.3, 0.4) is 0 Å². The Morgan fingerprint density at radius 2 is 1.59 bits per heavy atom. The number of likely N-dealkylation sites (tertiary alicyclic amines) is 1. The maximum Gasteiger partial charge on any atom is 0.256 e. The maximum atomic E-state index is 13.7. The zero-order chi connectivity index (χ0) is 24.1. The summed E-state index contributed by atoms with van der Waals surface area (Å²) in [6.07, 6.45) is 3.12. The molecule has 0 bridgehead atoms. The number of nitrogens with zero attached hydrogens (tertiary/aromatic N) is 4. The molecule has 0 unspecified atom stereocenters. The Morgan fingerprint density at radius 3 is 2.21 bits per heavy atom. The Morgan fingerprint density at radius 1 is 0.971 bits per heavy atom. The van der Waals surface area contributed by atoms with Gasteiger partial charge in [-0.15, -0.1) is 0 Å². The number of carbonyl (C=O) groups excluding carboxylic acids is 1. The smallest absolute Gasteiger partial charge is 0.256 e. The van der Waals surface area contributed by atoms with Crippen LogP contribution in [0.1, 0.15) is 29.6 Å². The molecule has 3 aliphatic rings. The van der Waals surface area contributed by atoms with Crippen LogP contribution in [0, 0.1) is 5.92 Å². The molecule has 0 aromatic heterocycles. The SMILES string of the molecule is CN(C)S(=O)(=O)c1ccc(N2CCOCC2)c(C(=O)N2CCC(CCN3CCOCC3)CC2)c1. The highest BCUT2D eigenvalue weighted by molar-refractivity contribution is 7.89. The van der Waals surface area contributed by atoms with Crippen LogP contribution in [0.2, 0.25) is 0 Å². The number of hydrogen-bond donors (Lipinski definition) is 0. The summed E-state index contributed by atoms with van der Waals surface area (Å²) in [6.45, 7) is 8.73. The average Bonchev–Trinajstić information content (AvgIpc) is 2.88. The van der Waals surface area contributed by atoms with E-state index in [1.807, 2.05) is 4.90 Å². The van der Waals surface area contributed by atoms with Gasteiger partial charge in [0.25, 0.3) is 5.91 Å². The minimum atomic E-state index is -3.63. The van der Waals surface area contributed by atoms with E-state index in [-0.39, 0.29) is 10.8 Å². The molecule has 1 aromatic carbocycles. The molecule has 190 valence electrons. The molecule has 0 atom stereocenters. The predicted octanol–water partition coefficient (Wildman–Crippen LogP) is 1.35. The van der Waals surface area contributed by atoms with Crippen molar-refractivity contribution in [1.29, 1.82) is 0 Å². The zero-order valence-corrected chi connectivity index (χ0v) is 21.3. The fourth-order valence-electron chi connectivity index (χ4n) is 4.92. The third-order valence-corrected chi connectivity index (χ3v) is 9.00. The van der Waals surface area contributed by atoms with Gasteiger partial charge >= 0.3 is 0 Å². The molecule has 4 rings (SSSR count). The van der Waals surface area contributed by atoms with Gasteiger partial charge in [-0.05, 0) is 49.9 Å². The molecule has 0 saturated carbocycles. The monoisotopic (exact) mass is 494 g/mol. The number of carbonyl (C=O) groups is 1. The summed E-state index contributed by atoms with van der Waals surface area (Å²) in [5.41, 5.74) is 1.26. The number of sulfonamides is 1. The van der Waals surface area contributed by atoms with Crippen molar-refractivity contribution in [2.45, 2.75) is 24.2 Å². The molecule has 3 aliphatic heterocycles. The molecule has 1 amide bonds. The second-order valence-electron chi connectivity index (χ2n) is 9.54. The lowest BCUT2D eigenvalue weighted by Crippen LogP contribution is -2.42. The van der Waals surface area contributed by atoms with Gasteiger partial charge in [0.15, 0.2) is 0 Å². The number of anilines is 1. The highest BCUT2D eigenvalue weighted by Gasteiger charge is 2.29. The Bertz CT molecular complexity index is 935. The molecule has 1 aromatic rings. The van der Waals surface area contributed by atoms with Gasteiger partial charge in [-0.1, -0.05) is 0 Å². The lowest BCUT2D eigenvalue weighted by molar-refractivity contribution is 0.0332. The Balaban J connectivity index is 1.46. The van der Waals surface area contributed by atoms with Crippen molar-refractivity contribution in [2.75, 3.05) is 91.2 Å². The Kier molecular flexibility index (Phi) is 8.47. The van der Waals surface area contributed by atoms with E-state index in [9.17, 15) is 13.2 Å². The standard InChI is InChI=1S/C24H38N4O5S/c1-25(2)34(30,31)21-3-4-23(27-13-17-33-18-14-27)22(19-21)24(29)28-9-6-20(7-10-28)5-8-26-11-15-32-16-12-26/h3-4,19-20H,5-18H2,1-2H3. The first-order chi connectivity index (χ1) is 16.4. The first-order valence-electron chi connectivity index (χ1n) is 12.3. The van der Waals surface area contributed by atoms with E-state index < -0.39 is 10.0 Å². The van der Waals surface area contributed by atoms with E-state index in [0.29, 0.717) is 50.9 Å². The minimum Gasteiger partial charge on any atom is -0.379 e. The molecule has 34 heavy (non-hydrogen) atoms. The van der Waals surface area contributed by atoms with Crippen molar-refractivity contribution in [3.05, 3.63) is 23.8 Å². The third-order valence-electron chi connectivity index (χ3n) is 7.19. The van der Waals surface area contributed by atoms with Crippen LogP contribution in [0.5, 0.6) is 0 Å². The topological polar surface area (TPSA) is 82.6 Å². The minimum absolute atomic E-state index is 0.0797. The van der Waals surface area contributed by atoms with E-state index in [1.165, 1.54) is 18.4 Å². The van der Waals surface area contributed by atoms with Crippen molar-refractivity contribution in [2.24, 2.45) is 5.92 Å². The van der Waals surface area contributed by atoms with Gasteiger partial charge in [-0.25, -0.2) is 12.7 Å². The first-order valence-corrected chi connectivity index (χ1v) is 13.8. The molecule has 10 heteroatoms. The molecule has 0 N–H and O–H groups in total. The normalized spacial score (nSPS) is 21.3. The van der Waals surface area contributed by atoms with Crippen molar-refractivity contribution in [3.63, 3.8) is 0 Å². The molecular weight excluding hydrogens is 456 g/mol. The molecule has 3 fully saturated rings. The van der Waals surface area contributed by atoms with Crippen LogP contribution in [0.4, 0.5) is 5.69 Å². The van der Waals surface area contributed by atoms with Gasteiger partial charge in [-0.3, -0.25) is 9.69 Å². The second-order valence-corrected chi connectivity index (χ2v) is 11.7.